The van der Waals surface area contributed by atoms with Gasteiger partial charge in [-0.2, -0.15) is 4.31 Å². The minimum absolute atomic E-state index is 0.193. The molecule has 3 aliphatic rings. The molecule has 3 saturated heterocycles. The quantitative estimate of drug-likeness (QED) is 0.682. The molecule has 0 aliphatic carbocycles. The Labute approximate surface area is 186 Å². The minimum Gasteiger partial charge on any atom is -0.360 e. The molecule has 0 unspecified atom stereocenters. The van der Waals surface area contributed by atoms with Crippen LogP contribution in [0.2, 0.25) is 0 Å². The van der Waals surface area contributed by atoms with Gasteiger partial charge >= 0.3 is 0 Å². The molecule has 174 valence electrons. The summed E-state index contributed by atoms with van der Waals surface area (Å²) < 4.78 is 32.5. The van der Waals surface area contributed by atoms with Crippen LogP contribution in [0.3, 0.4) is 0 Å². The first-order chi connectivity index (χ1) is 14.9. The van der Waals surface area contributed by atoms with E-state index >= 15 is 0 Å². The third kappa shape index (κ3) is 4.98. The van der Waals surface area contributed by atoms with Crippen molar-refractivity contribution in [1.29, 1.82) is 0 Å². The maximum atomic E-state index is 13.0. The van der Waals surface area contributed by atoms with Crippen LogP contribution in [0.5, 0.6) is 0 Å². The Morgan fingerprint density at radius 2 is 1.61 bits per heavy atom. The van der Waals surface area contributed by atoms with Crippen molar-refractivity contribution in [3.8, 4) is 0 Å². The topological polar surface area (TPSA) is 87.0 Å². The highest BCUT2D eigenvalue weighted by Crippen LogP contribution is 2.29. The van der Waals surface area contributed by atoms with Crippen LogP contribution in [0, 0.1) is 19.8 Å². The van der Waals surface area contributed by atoms with Gasteiger partial charge in [0.25, 0.3) is 0 Å². The van der Waals surface area contributed by atoms with Gasteiger partial charge in [0.15, 0.2) is 5.76 Å². The number of aromatic nitrogens is 1. The summed E-state index contributed by atoms with van der Waals surface area (Å²) in [7, 11) is -3.59. The van der Waals surface area contributed by atoms with Crippen LogP contribution in [0.15, 0.2) is 9.42 Å². The molecule has 1 aromatic heterocycles. The van der Waals surface area contributed by atoms with Crippen LogP contribution in [0.1, 0.15) is 62.8 Å². The molecule has 0 N–H and O–H groups in total. The predicted octanol–water partition coefficient (Wildman–Crippen LogP) is 2.56. The highest BCUT2D eigenvalue weighted by molar-refractivity contribution is 7.89. The van der Waals surface area contributed by atoms with Gasteiger partial charge < -0.3 is 14.3 Å². The zero-order chi connectivity index (χ0) is 22.0. The summed E-state index contributed by atoms with van der Waals surface area (Å²) in [6.45, 7) is 8.33. The Morgan fingerprint density at radius 3 is 2.19 bits per heavy atom. The Hall–Kier alpha value is -1.45. The highest BCUT2D eigenvalue weighted by Gasteiger charge is 2.35. The molecule has 1 aromatic rings. The number of hydrogen-bond donors (Lipinski definition) is 0. The lowest BCUT2D eigenvalue weighted by Gasteiger charge is -2.40. The van der Waals surface area contributed by atoms with Gasteiger partial charge in [-0.1, -0.05) is 11.6 Å². The molecule has 0 spiro atoms. The fourth-order valence-corrected chi connectivity index (χ4v) is 7.23. The molecule has 9 heteroatoms. The second-order valence-electron chi connectivity index (χ2n) is 9.41. The fraction of sp³-hybridized carbons (Fsp3) is 0.818. The zero-order valence-electron chi connectivity index (χ0n) is 18.9. The molecule has 8 nitrogen and oxygen atoms in total. The number of likely N-dealkylation sites (tertiary alicyclic amines) is 2. The molecular weight excluding hydrogens is 416 g/mol. The Morgan fingerprint density at radius 1 is 0.968 bits per heavy atom. The van der Waals surface area contributed by atoms with Crippen molar-refractivity contribution in [2.75, 3.05) is 39.3 Å². The van der Waals surface area contributed by atoms with E-state index in [1.165, 1.54) is 36.7 Å². The van der Waals surface area contributed by atoms with Gasteiger partial charge in [0, 0.05) is 38.6 Å². The summed E-state index contributed by atoms with van der Waals surface area (Å²) in [6.07, 6.45) is 8.12. The number of hydrogen-bond acceptors (Lipinski definition) is 6. The number of aryl methyl sites for hydroxylation is 2. The summed E-state index contributed by atoms with van der Waals surface area (Å²) in [4.78, 5) is 17.7. The van der Waals surface area contributed by atoms with Gasteiger partial charge in [-0.25, -0.2) is 8.42 Å². The van der Waals surface area contributed by atoms with Crippen LogP contribution in [-0.2, 0) is 14.8 Å². The zero-order valence-corrected chi connectivity index (χ0v) is 19.7. The summed E-state index contributed by atoms with van der Waals surface area (Å²) in [5, 5.41) is 3.78. The average Bonchev–Trinajstić information content (AvgIpc) is 3.13. The lowest BCUT2D eigenvalue weighted by atomic mass is 9.93. The van der Waals surface area contributed by atoms with Gasteiger partial charge in [-0.05, 0) is 71.4 Å². The first-order valence-corrected chi connectivity index (χ1v) is 13.2. The molecule has 31 heavy (non-hydrogen) atoms. The van der Waals surface area contributed by atoms with Gasteiger partial charge in [0.05, 0.1) is 0 Å². The average molecular weight is 453 g/mol. The smallest absolute Gasteiger partial charge is 0.248 e. The number of nitrogens with zero attached hydrogens (tertiary/aromatic N) is 4. The maximum Gasteiger partial charge on any atom is 0.248 e. The van der Waals surface area contributed by atoms with E-state index in [0.29, 0.717) is 37.0 Å². The third-order valence-electron chi connectivity index (χ3n) is 7.33. The van der Waals surface area contributed by atoms with Gasteiger partial charge in [-0.15, -0.1) is 0 Å². The van der Waals surface area contributed by atoms with E-state index in [-0.39, 0.29) is 16.7 Å². The lowest BCUT2D eigenvalue weighted by Crippen LogP contribution is -2.48. The second-order valence-corrected chi connectivity index (χ2v) is 11.3. The molecule has 0 aromatic carbocycles. The van der Waals surface area contributed by atoms with E-state index in [2.05, 4.69) is 10.1 Å². The molecule has 0 atom stereocenters. The van der Waals surface area contributed by atoms with E-state index in [0.717, 1.165) is 38.8 Å². The Balaban J connectivity index is 1.24. The SMILES string of the molecule is Cc1noc(C)c1S(=O)(=O)N1CCC(CC(=O)N2CCC(N3CCCCC3)CC2)CC1. The van der Waals surface area contributed by atoms with Crippen LogP contribution >= 0.6 is 0 Å². The number of sulfonamides is 1. The normalized spacial score (nSPS) is 23.4. The van der Waals surface area contributed by atoms with E-state index in [1.807, 2.05) is 4.90 Å². The first-order valence-electron chi connectivity index (χ1n) is 11.8. The molecular formula is C22H36N4O4S. The summed E-state index contributed by atoms with van der Waals surface area (Å²) >= 11 is 0. The highest BCUT2D eigenvalue weighted by atomic mass is 32.2. The van der Waals surface area contributed by atoms with Gasteiger partial charge in [0.2, 0.25) is 15.9 Å². The monoisotopic (exact) mass is 452 g/mol. The van der Waals surface area contributed by atoms with Crippen molar-refractivity contribution < 1.29 is 17.7 Å². The molecule has 4 heterocycles. The van der Waals surface area contributed by atoms with Crippen molar-refractivity contribution >= 4 is 15.9 Å². The fourth-order valence-electron chi connectivity index (χ4n) is 5.47. The number of piperidine rings is 3. The molecule has 0 saturated carbocycles. The van der Waals surface area contributed by atoms with Crippen molar-refractivity contribution in [2.24, 2.45) is 5.92 Å². The van der Waals surface area contributed by atoms with E-state index in [4.69, 9.17) is 4.52 Å². The van der Waals surface area contributed by atoms with Crippen LogP contribution in [0.25, 0.3) is 0 Å². The van der Waals surface area contributed by atoms with Crippen LogP contribution < -0.4 is 0 Å². The minimum atomic E-state index is -3.59. The van der Waals surface area contributed by atoms with Crippen molar-refractivity contribution in [3.63, 3.8) is 0 Å². The molecule has 0 bridgehead atoms. The number of amides is 1. The maximum absolute atomic E-state index is 13.0. The molecule has 3 fully saturated rings. The van der Waals surface area contributed by atoms with Crippen LogP contribution in [-0.4, -0.2) is 78.9 Å². The van der Waals surface area contributed by atoms with Crippen molar-refractivity contribution in [3.05, 3.63) is 11.5 Å². The van der Waals surface area contributed by atoms with E-state index < -0.39 is 10.0 Å². The summed E-state index contributed by atoms with van der Waals surface area (Å²) in [5.74, 6) is 0.829. The summed E-state index contributed by atoms with van der Waals surface area (Å²) in [6, 6.07) is 0.641. The summed E-state index contributed by atoms with van der Waals surface area (Å²) in [5.41, 5.74) is 0.405. The molecule has 0 radical (unpaired) electrons. The number of carbonyl (C=O) groups is 1. The lowest BCUT2D eigenvalue weighted by molar-refractivity contribution is -0.134. The first kappa shape index (κ1) is 22.7. The van der Waals surface area contributed by atoms with Gasteiger partial charge in [-0.3, -0.25) is 4.79 Å². The number of rotatable bonds is 5. The Bertz CT molecular complexity index is 843. The number of carbonyl (C=O) groups excluding carboxylic acids is 1. The second kappa shape index (κ2) is 9.58. The molecule has 3 aliphatic heterocycles. The molecule has 1 amide bonds. The van der Waals surface area contributed by atoms with E-state index in [9.17, 15) is 13.2 Å². The van der Waals surface area contributed by atoms with Crippen molar-refractivity contribution in [2.45, 2.75) is 76.2 Å². The van der Waals surface area contributed by atoms with Crippen molar-refractivity contribution in [1.82, 2.24) is 19.3 Å². The van der Waals surface area contributed by atoms with Crippen LogP contribution in [0.4, 0.5) is 0 Å². The predicted molar refractivity (Wildman–Crippen MR) is 117 cm³/mol. The third-order valence-corrected chi connectivity index (χ3v) is 9.47. The Kier molecular flexibility index (Phi) is 7.03. The van der Waals surface area contributed by atoms with Gasteiger partial charge in [0.1, 0.15) is 10.6 Å². The van der Waals surface area contributed by atoms with E-state index in [1.54, 1.807) is 13.8 Å². The largest absolute Gasteiger partial charge is 0.360 e. The molecule has 4 rings (SSSR count). The standard InChI is InChI=1S/C22H36N4O4S/c1-17-22(18(2)30-23-17)31(28,29)26-14-6-19(7-15-26)16-21(27)25-12-8-20(9-13-25)24-10-4-3-5-11-24/h19-20H,3-16H2,1-2H3.